The molecule has 0 heterocycles. The van der Waals surface area contributed by atoms with Gasteiger partial charge in [0.25, 0.3) is 0 Å². The van der Waals surface area contributed by atoms with Crippen molar-refractivity contribution in [1.82, 2.24) is 10.6 Å². The summed E-state index contributed by atoms with van der Waals surface area (Å²) in [6.45, 7) is -1.23. The summed E-state index contributed by atoms with van der Waals surface area (Å²) in [6, 6.07) is 0. The Kier molecular flexibility index (Phi) is 13.0. The monoisotopic (exact) mass is 406 g/mol. The van der Waals surface area contributed by atoms with Gasteiger partial charge in [-0.05, 0) is 0 Å². The molecule has 0 bridgehead atoms. The average molecular weight is 406 g/mol. The van der Waals surface area contributed by atoms with E-state index in [0.717, 1.165) is 0 Å². The smallest absolute Gasteiger partial charge is 0.790 e. The fourth-order valence-electron chi connectivity index (χ4n) is 1.24. The van der Waals surface area contributed by atoms with Crippen LogP contribution >= 0.6 is 20.5 Å². The van der Waals surface area contributed by atoms with E-state index in [-0.39, 0.29) is 65.7 Å². The van der Waals surface area contributed by atoms with Gasteiger partial charge in [-0.1, -0.05) is 13.8 Å². The number of aliphatic hydroxyl groups excluding tert-OH is 1. The first-order valence-corrected chi connectivity index (χ1v) is 7.95. The fourth-order valence-corrected chi connectivity index (χ4v) is 1.78. The van der Waals surface area contributed by atoms with Crippen LogP contribution in [-0.4, -0.2) is 48.4 Å². The van der Waals surface area contributed by atoms with Crippen LogP contribution in [0.2, 0.25) is 0 Å². The van der Waals surface area contributed by atoms with Gasteiger partial charge in [0.2, 0.25) is 11.8 Å². The van der Waals surface area contributed by atoms with Gasteiger partial charge in [-0.15, -0.1) is 0 Å². The molecule has 0 aromatic heterocycles. The Balaban J connectivity index is -0.00000312. The fraction of sp³-hybridized carbons (Fsp3) is 0.818. The molecule has 0 fully saturated rings. The van der Waals surface area contributed by atoms with Crippen LogP contribution < -0.4 is 79.5 Å². The molecule has 3 N–H and O–H groups in total. The number of rotatable bonds is 10. The van der Waals surface area contributed by atoms with Crippen molar-refractivity contribution in [1.29, 1.82) is 0 Å². The number of carbonyl (C=O) groups excluding carboxylic acids is 2. The molecule has 0 aromatic carbocycles. The van der Waals surface area contributed by atoms with Gasteiger partial charge in [-0.25, -0.2) is 0 Å². The third-order valence-corrected chi connectivity index (χ3v) is 3.05. The largest absolute Gasteiger partial charge is 1.00 e. The molecule has 0 aliphatic carbocycles. The molecule has 0 aliphatic rings. The summed E-state index contributed by atoms with van der Waals surface area (Å²) >= 11 is 3.40. The van der Waals surface area contributed by atoms with Crippen LogP contribution in [0.1, 0.15) is 25.8 Å². The minimum Gasteiger partial charge on any atom is -0.790 e. The number of carbonyl (C=O) groups is 2. The van der Waals surface area contributed by atoms with E-state index in [4.69, 9.17) is 5.48 Å². The van der Waals surface area contributed by atoms with Gasteiger partial charge in [0.05, 0.1) is 14.4 Å². The number of hydrogen-bond acceptors (Lipinski definition) is 8. The summed E-state index contributed by atoms with van der Waals surface area (Å²) in [5, 5.41) is 13.8. The van der Waals surface area contributed by atoms with Gasteiger partial charge < -0.3 is 34.6 Å². The van der Waals surface area contributed by atoms with Gasteiger partial charge in [0, 0.05) is 36.1 Å². The topological polar surface area (TPSA) is 151 Å². The van der Waals surface area contributed by atoms with Crippen LogP contribution in [0.5, 0.6) is 0 Å². The van der Waals surface area contributed by atoms with Crippen molar-refractivity contribution >= 4 is 32.3 Å². The second-order valence-corrected chi connectivity index (χ2v) is 6.31. The van der Waals surface area contributed by atoms with Gasteiger partial charge in [-0.2, -0.15) is 12.6 Å². The van der Waals surface area contributed by atoms with Crippen molar-refractivity contribution in [2.45, 2.75) is 26.4 Å². The van der Waals surface area contributed by atoms with E-state index in [1.54, 1.807) is 5.32 Å². The zero-order chi connectivity index (χ0) is 21.0. The molecular formula is C11H21N2Na2O7PS. The van der Waals surface area contributed by atoms with Gasteiger partial charge in [0.15, 0.2) is 0 Å². The zero-order valence-corrected chi connectivity index (χ0v) is 19.8. The van der Waals surface area contributed by atoms with E-state index in [0.29, 0.717) is 0 Å². The molecule has 0 spiro atoms. The van der Waals surface area contributed by atoms with E-state index in [1.165, 1.54) is 13.8 Å². The molecule has 0 saturated carbocycles. The molecule has 0 aliphatic heterocycles. The molecular weight excluding hydrogens is 381 g/mol. The molecule has 0 aromatic rings. The SMILES string of the molecule is [2H]C([2H])(S)C([2H])([2H])NC(=O)CCNC(=O)[C@H](O)C(C)(C)COP(=O)([O-])[O-].[Na+].[Na+]. The third-order valence-electron chi connectivity index (χ3n) is 2.49. The predicted octanol–water partition coefficient (Wildman–Crippen LogP) is -8.22. The maximum Gasteiger partial charge on any atom is 1.00 e. The quantitative estimate of drug-likeness (QED) is 0.160. The van der Waals surface area contributed by atoms with Crippen molar-refractivity contribution in [3.05, 3.63) is 0 Å². The summed E-state index contributed by atoms with van der Waals surface area (Å²) in [4.78, 5) is 44.3. The number of phosphoric ester groups is 1. The minimum atomic E-state index is -5.27. The summed E-state index contributed by atoms with van der Waals surface area (Å²) in [7, 11) is -5.27. The van der Waals surface area contributed by atoms with Crippen LogP contribution in [-0.2, 0) is 18.7 Å². The van der Waals surface area contributed by atoms with Crippen molar-refractivity contribution in [3.8, 4) is 0 Å². The van der Waals surface area contributed by atoms with Crippen molar-refractivity contribution in [2.75, 3.05) is 25.4 Å². The van der Waals surface area contributed by atoms with E-state index in [2.05, 4.69) is 22.5 Å². The first-order valence-electron chi connectivity index (χ1n) is 8.05. The standard InChI is InChI=1S/C11H23N2O7PS.2Na/c1-11(2,7-20-21(17,18)19)9(15)10(16)13-4-3-8(14)12-5-6-22;;/h9,15,22H,3-7H2,1-2H3,(H,12,14)(H,13,16)(H2,17,18,19);;/q;2*+1/p-2/t9-;;/m0../s1/i5D2,6D2;;. The molecule has 1 atom stereocenters. The number of thiol groups is 1. The molecule has 2 amide bonds. The number of amides is 2. The molecule has 0 radical (unpaired) electrons. The summed E-state index contributed by atoms with van der Waals surface area (Å²) in [5.41, 5.74) is -4.05. The first kappa shape index (κ1) is 21.7. The van der Waals surface area contributed by atoms with Crippen LogP contribution in [0.25, 0.3) is 0 Å². The van der Waals surface area contributed by atoms with E-state index in [1.807, 2.05) is 0 Å². The average Bonchev–Trinajstić information content (AvgIpc) is 2.41. The van der Waals surface area contributed by atoms with Crippen molar-refractivity contribution in [2.24, 2.45) is 5.41 Å². The maximum absolute atomic E-state index is 11.8. The van der Waals surface area contributed by atoms with Gasteiger partial charge in [0.1, 0.15) is 6.10 Å². The second kappa shape index (κ2) is 14.4. The van der Waals surface area contributed by atoms with Crippen molar-refractivity contribution in [3.63, 3.8) is 0 Å². The third kappa shape index (κ3) is 14.5. The molecule has 130 valence electrons. The molecule has 0 saturated heterocycles. The summed E-state index contributed by atoms with van der Waals surface area (Å²) in [6.07, 6.45) is -2.18. The maximum atomic E-state index is 11.8. The summed E-state index contributed by atoms with van der Waals surface area (Å²) < 4.78 is 43.5. The number of nitrogens with one attached hydrogen (secondary N) is 2. The molecule has 9 nitrogen and oxygen atoms in total. The van der Waals surface area contributed by atoms with E-state index < -0.39 is 56.4 Å². The Labute approximate surface area is 196 Å². The first-order chi connectivity index (χ1) is 11.4. The van der Waals surface area contributed by atoms with Crippen LogP contribution in [0, 0.1) is 5.41 Å². The molecule has 0 rings (SSSR count). The Morgan fingerprint density at radius 1 is 1.38 bits per heavy atom. The Bertz CT molecular complexity index is 578. The Hall–Kier alpha value is 1.36. The minimum absolute atomic E-state index is 0. The predicted molar refractivity (Wildman–Crippen MR) is 77.8 cm³/mol. The van der Waals surface area contributed by atoms with E-state index in [9.17, 15) is 29.0 Å². The summed E-state index contributed by atoms with van der Waals surface area (Å²) in [5.74, 6) is -1.88. The number of phosphoric acid groups is 1. The van der Waals surface area contributed by atoms with E-state index >= 15 is 0 Å². The zero-order valence-electron chi connectivity index (χ0n) is 18.0. The number of hydrogen-bond donors (Lipinski definition) is 4. The van der Waals surface area contributed by atoms with Gasteiger partial charge in [-0.3, -0.25) is 9.59 Å². The Morgan fingerprint density at radius 2 is 1.92 bits per heavy atom. The van der Waals surface area contributed by atoms with Crippen LogP contribution in [0.4, 0.5) is 0 Å². The van der Waals surface area contributed by atoms with Crippen LogP contribution in [0.3, 0.4) is 0 Å². The van der Waals surface area contributed by atoms with Crippen LogP contribution in [0.15, 0.2) is 0 Å². The molecule has 24 heavy (non-hydrogen) atoms. The Morgan fingerprint density at radius 3 is 2.38 bits per heavy atom. The van der Waals surface area contributed by atoms with Crippen molar-refractivity contribution < 1.29 is 98.2 Å². The molecule has 13 heteroatoms. The normalized spacial score (nSPS) is 16.1. The molecule has 0 unspecified atom stereocenters. The number of aliphatic hydroxyl groups is 1. The second-order valence-electron chi connectivity index (χ2n) is 4.94. The van der Waals surface area contributed by atoms with Gasteiger partial charge >= 0.3 is 59.1 Å².